The number of nitrogens with zero attached hydrogens (tertiary/aromatic N) is 3. The summed E-state index contributed by atoms with van der Waals surface area (Å²) in [6, 6.07) is 10.0. The topological polar surface area (TPSA) is 79.8 Å². The van der Waals surface area contributed by atoms with Crippen LogP contribution in [0, 0.1) is 5.92 Å². The van der Waals surface area contributed by atoms with Gasteiger partial charge in [0.2, 0.25) is 10.0 Å². The highest BCUT2D eigenvalue weighted by Gasteiger charge is 2.43. The molecule has 1 aromatic heterocycles. The monoisotopic (exact) mass is 429 g/mol. The molecule has 2 atom stereocenters. The molecule has 0 bridgehead atoms. The van der Waals surface area contributed by atoms with Gasteiger partial charge in [-0.05, 0) is 36.6 Å². The van der Waals surface area contributed by atoms with Gasteiger partial charge in [-0.2, -0.15) is 4.31 Å². The molecule has 2 aliphatic heterocycles. The van der Waals surface area contributed by atoms with Crippen LogP contribution in [0.1, 0.15) is 37.0 Å². The van der Waals surface area contributed by atoms with Crippen molar-refractivity contribution in [2.45, 2.75) is 43.7 Å². The van der Waals surface area contributed by atoms with Crippen molar-refractivity contribution in [2.75, 3.05) is 19.6 Å². The van der Waals surface area contributed by atoms with Crippen LogP contribution in [0.5, 0.6) is 5.75 Å². The maximum atomic E-state index is 13.5. The van der Waals surface area contributed by atoms with E-state index in [2.05, 4.69) is 4.98 Å². The van der Waals surface area contributed by atoms with Crippen LogP contribution in [0.25, 0.3) is 0 Å². The van der Waals surface area contributed by atoms with Crippen LogP contribution >= 0.6 is 0 Å². The van der Waals surface area contributed by atoms with Crippen molar-refractivity contribution in [1.29, 1.82) is 0 Å². The molecule has 30 heavy (non-hydrogen) atoms. The summed E-state index contributed by atoms with van der Waals surface area (Å²) < 4.78 is 34.9. The summed E-state index contributed by atoms with van der Waals surface area (Å²) in [7, 11) is -3.70. The smallest absolute Gasteiger partial charge is 0.255 e. The number of hydrogen-bond acceptors (Lipinski definition) is 5. The van der Waals surface area contributed by atoms with E-state index in [1.54, 1.807) is 58.0 Å². The first kappa shape index (κ1) is 20.8. The lowest BCUT2D eigenvalue weighted by molar-refractivity contribution is 0.0754. The number of para-hydroxylation sites is 1. The van der Waals surface area contributed by atoms with Crippen LogP contribution < -0.4 is 4.74 Å². The van der Waals surface area contributed by atoms with E-state index in [-0.39, 0.29) is 28.9 Å². The number of rotatable bonds is 3. The highest BCUT2D eigenvalue weighted by molar-refractivity contribution is 7.89. The first-order chi connectivity index (χ1) is 14.4. The second kappa shape index (κ2) is 8.35. The number of amides is 1. The third-order valence-electron chi connectivity index (χ3n) is 5.63. The molecule has 0 radical (unpaired) electrons. The van der Waals surface area contributed by atoms with Crippen LogP contribution in [0.15, 0.2) is 53.7 Å². The summed E-state index contributed by atoms with van der Waals surface area (Å²) in [5, 5.41) is 0. The number of carbonyl (C=O) groups excluding carboxylic acids is 1. The maximum Gasteiger partial charge on any atom is 0.255 e. The molecular weight excluding hydrogens is 402 g/mol. The molecule has 4 rings (SSSR count). The normalized spacial score (nSPS) is 23.6. The first-order valence-corrected chi connectivity index (χ1v) is 11.8. The van der Waals surface area contributed by atoms with Gasteiger partial charge in [0.05, 0.1) is 11.6 Å². The van der Waals surface area contributed by atoms with Gasteiger partial charge in [0.1, 0.15) is 16.7 Å². The molecule has 0 spiro atoms. The number of carbonyl (C=O) groups is 1. The van der Waals surface area contributed by atoms with Crippen LogP contribution in [-0.4, -0.2) is 60.3 Å². The van der Waals surface area contributed by atoms with Gasteiger partial charge in [-0.3, -0.25) is 9.78 Å². The van der Waals surface area contributed by atoms with Crippen molar-refractivity contribution in [2.24, 2.45) is 5.92 Å². The Morgan fingerprint density at radius 1 is 1.17 bits per heavy atom. The van der Waals surface area contributed by atoms with Gasteiger partial charge in [0, 0.05) is 38.4 Å². The number of aromatic nitrogens is 1. The third-order valence-corrected chi connectivity index (χ3v) is 7.56. The lowest BCUT2D eigenvalue weighted by atomic mass is 10.0. The molecule has 1 saturated heterocycles. The first-order valence-electron chi connectivity index (χ1n) is 10.3. The van der Waals surface area contributed by atoms with Crippen LogP contribution in [0.4, 0.5) is 0 Å². The van der Waals surface area contributed by atoms with E-state index in [1.807, 2.05) is 13.8 Å². The molecule has 3 heterocycles. The summed E-state index contributed by atoms with van der Waals surface area (Å²) in [5.74, 6) is 0.478. The quantitative estimate of drug-likeness (QED) is 0.750. The molecule has 8 heteroatoms. The van der Waals surface area contributed by atoms with Gasteiger partial charge >= 0.3 is 0 Å². The zero-order chi connectivity index (χ0) is 21.3. The summed E-state index contributed by atoms with van der Waals surface area (Å²) in [6.07, 6.45) is 3.98. The minimum absolute atomic E-state index is 0.0850. The summed E-state index contributed by atoms with van der Waals surface area (Å²) in [6.45, 7) is 5.41. The number of pyridine rings is 1. The van der Waals surface area contributed by atoms with E-state index < -0.39 is 10.0 Å². The Kier molecular flexibility index (Phi) is 5.79. The molecule has 0 unspecified atom stereocenters. The number of hydrogen-bond donors (Lipinski definition) is 0. The number of likely N-dealkylation sites (tertiary alicyclic amines) is 1. The lowest BCUT2D eigenvalue weighted by Gasteiger charge is -2.32. The zero-order valence-corrected chi connectivity index (χ0v) is 18.1. The van der Waals surface area contributed by atoms with Crippen molar-refractivity contribution in [1.82, 2.24) is 14.2 Å². The standard InChI is InChI=1S/C22H27N3O4S/c1-16(2)15-25-18-9-12-24(22(26)17-6-5-11-23-14-17)13-10-19(18)29-20-7-3-4-8-21(20)30(25,27)28/h3-8,11,14,16,18-19H,9-10,12-13,15H2,1-2H3/t18-,19-/m1/s1. The van der Waals surface area contributed by atoms with E-state index in [0.29, 0.717) is 43.8 Å². The minimum Gasteiger partial charge on any atom is -0.487 e. The van der Waals surface area contributed by atoms with Crippen LogP contribution in [0.2, 0.25) is 0 Å². The average molecular weight is 430 g/mol. The van der Waals surface area contributed by atoms with Gasteiger partial charge in [0.15, 0.2) is 0 Å². The average Bonchev–Trinajstić information content (AvgIpc) is 2.98. The molecule has 0 N–H and O–H groups in total. The van der Waals surface area contributed by atoms with E-state index in [4.69, 9.17) is 4.74 Å². The Balaban J connectivity index is 1.67. The Morgan fingerprint density at radius 3 is 2.67 bits per heavy atom. The number of fused-ring (bicyclic) bond motifs is 2. The zero-order valence-electron chi connectivity index (χ0n) is 17.3. The van der Waals surface area contributed by atoms with Gasteiger partial charge in [-0.15, -0.1) is 0 Å². The Hall–Kier alpha value is -2.45. The van der Waals surface area contributed by atoms with Crippen LogP contribution in [-0.2, 0) is 10.0 Å². The molecule has 2 aromatic rings. The predicted molar refractivity (Wildman–Crippen MR) is 113 cm³/mol. The third kappa shape index (κ3) is 3.94. The van der Waals surface area contributed by atoms with Crippen LogP contribution in [0.3, 0.4) is 0 Å². The molecule has 160 valence electrons. The van der Waals surface area contributed by atoms with Gasteiger partial charge in [-0.25, -0.2) is 8.42 Å². The SMILES string of the molecule is CC(C)CN1[C@@H]2CCN(C(=O)c3cccnc3)CC[C@H]2Oc2ccccc2S1(=O)=O. The van der Waals surface area contributed by atoms with Gasteiger partial charge in [-0.1, -0.05) is 26.0 Å². The van der Waals surface area contributed by atoms with Crippen molar-refractivity contribution >= 4 is 15.9 Å². The van der Waals surface area contributed by atoms with E-state index in [9.17, 15) is 13.2 Å². The summed E-state index contributed by atoms with van der Waals surface area (Å²) in [4.78, 5) is 19.0. The molecule has 1 fully saturated rings. The molecule has 0 saturated carbocycles. The van der Waals surface area contributed by atoms with Gasteiger partial charge < -0.3 is 9.64 Å². The molecular formula is C22H27N3O4S. The second-order valence-electron chi connectivity index (χ2n) is 8.25. The largest absolute Gasteiger partial charge is 0.487 e. The maximum absolute atomic E-state index is 13.5. The minimum atomic E-state index is -3.70. The van der Waals surface area contributed by atoms with E-state index in [1.165, 1.54) is 0 Å². The summed E-state index contributed by atoms with van der Waals surface area (Å²) in [5.41, 5.74) is 0.539. The van der Waals surface area contributed by atoms with Crippen molar-refractivity contribution in [3.8, 4) is 5.75 Å². The Bertz CT molecular complexity index is 1010. The lowest BCUT2D eigenvalue weighted by Crippen LogP contribution is -2.48. The fraction of sp³-hybridized carbons (Fsp3) is 0.455. The predicted octanol–water partition coefficient (Wildman–Crippen LogP) is 2.79. The number of sulfonamides is 1. The molecule has 0 aliphatic carbocycles. The molecule has 2 aliphatic rings. The highest BCUT2D eigenvalue weighted by atomic mass is 32.2. The van der Waals surface area contributed by atoms with E-state index >= 15 is 0 Å². The van der Waals surface area contributed by atoms with Gasteiger partial charge in [0.25, 0.3) is 5.91 Å². The molecule has 1 aromatic carbocycles. The fourth-order valence-electron chi connectivity index (χ4n) is 4.22. The molecule has 7 nitrogen and oxygen atoms in total. The Labute approximate surface area is 177 Å². The number of ether oxygens (including phenoxy) is 1. The summed E-state index contributed by atoms with van der Waals surface area (Å²) >= 11 is 0. The second-order valence-corrected chi connectivity index (χ2v) is 10.1. The number of benzene rings is 1. The van der Waals surface area contributed by atoms with Crippen molar-refractivity contribution in [3.63, 3.8) is 0 Å². The Morgan fingerprint density at radius 2 is 1.93 bits per heavy atom. The van der Waals surface area contributed by atoms with E-state index in [0.717, 1.165) is 0 Å². The highest BCUT2D eigenvalue weighted by Crippen LogP contribution is 2.36. The van der Waals surface area contributed by atoms with Crippen molar-refractivity contribution in [3.05, 3.63) is 54.4 Å². The fourth-order valence-corrected chi connectivity index (χ4v) is 6.19. The molecule has 1 amide bonds. The van der Waals surface area contributed by atoms with Crippen molar-refractivity contribution < 1.29 is 17.9 Å².